The number of thioether (sulfide) groups is 1. The zero-order valence-corrected chi connectivity index (χ0v) is 15.3. The van der Waals surface area contributed by atoms with Crippen LogP contribution >= 0.6 is 27.7 Å². The van der Waals surface area contributed by atoms with Gasteiger partial charge in [0.1, 0.15) is 5.54 Å². The molecule has 2 N–H and O–H groups in total. The number of halogens is 1. The maximum Gasteiger partial charge on any atom is 0.325 e. The number of para-hydroxylation sites is 1. The molecular formula is C15H18BrN3O3S. The highest BCUT2D eigenvalue weighted by atomic mass is 79.9. The van der Waals surface area contributed by atoms with Gasteiger partial charge in [-0.15, -0.1) is 0 Å². The minimum absolute atomic E-state index is 0.126. The van der Waals surface area contributed by atoms with Crippen LogP contribution in [-0.2, 0) is 9.59 Å². The van der Waals surface area contributed by atoms with Crippen LogP contribution in [0.4, 0.5) is 10.5 Å². The summed E-state index contributed by atoms with van der Waals surface area (Å²) in [4.78, 5) is 36.8. The fourth-order valence-electron chi connectivity index (χ4n) is 2.09. The summed E-state index contributed by atoms with van der Waals surface area (Å²) in [5.74, 6) is 0.410. The molecule has 1 fully saturated rings. The lowest BCUT2D eigenvalue weighted by Gasteiger charge is -2.15. The van der Waals surface area contributed by atoms with E-state index in [4.69, 9.17) is 0 Å². The maximum absolute atomic E-state index is 12.0. The van der Waals surface area contributed by atoms with Crippen LogP contribution < -0.4 is 10.6 Å². The van der Waals surface area contributed by atoms with Crippen LogP contribution in [0.5, 0.6) is 0 Å². The average Bonchev–Trinajstić information content (AvgIpc) is 2.67. The fraction of sp³-hybridized carbons (Fsp3) is 0.400. The third kappa shape index (κ3) is 4.48. The molecule has 1 heterocycles. The maximum atomic E-state index is 12.0. The molecule has 0 atom stereocenters. The van der Waals surface area contributed by atoms with Gasteiger partial charge in [0.25, 0.3) is 5.91 Å². The van der Waals surface area contributed by atoms with Gasteiger partial charge in [0, 0.05) is 16.8 Å². The Morgan fingerprint density at radius 1 is 1.35 bits per heavy atom. The van der Waals surface area contributed by atoms with Crippen molar-refractivity contribution >= 4 is 51.2 Å². The molecule has 8 heteroatoms. The van der Waals surface area contributed by atoms with E-state index in [0.29, 0.717) is 18.0 Å². The molecule has 6 nitrogen and oxygen atoms in total. The molecule has 1 aliphatic heterocycles. The van der Waals surface area contributed by atoms with E-state index in [1.54, 1.807) is 13.8 Å². The zero-order valence-electron chi connectivity index (χ0n) is 12.9. The number of nitrogens with zero attached hydrogens (tertiary/aromatic N) is 1. The highest BCUT2D eigenvalue weighted by Gasteiger charge is 2.43. The van der Waals surface area contributed by atoms with E-state index in [9.17, 15) is 14.4 Å². The van der Waals surface area contributed by atoms with E-state index in [-0.39, 0.29) is 23.6 Å². The summed E-state index contributed by atoms with van der Waals surface area (Å²) in [5.41, 5.74) is -0.132. The quantitative estimate of drug-likeness (QED) is 0.568. The molecule has 0 unspecified atom stereocenters. The summed E-state index contributed by atoms with van der Waals surface area (Å²) in [5, 5.41) is 5.43. The summed E-state index contributed by atoms with van der Waals surface area (Å²) >= 11 is 4.74. The molecule has 1 aromatic rings. The van der Waals surface area contributed by atoms with Crippen molar-refractivity contribution in [2.45, 2.75) is 19.4 Å². The normalized spacial score (nSPS) is 16.4. The number of amides is 4. The Labute approximate surface area is 147 Å². The van der Waals surface area contributed by atoms with Gasteiger partial charge in [-0.1, -0.05) is 12.1 Å². The number of urea groups is 1. The molecule has 0 bridgehead atoms. The lowest BCUT2D eigenvalue weighted by Crippen LogP contribution is -2.40. The molecule has 0 spiro atoms. The van der Waals surface area contributed by atoms with Gasteiger partial charge in [0.15, 0.2) is 0 Å². The molecule has 0 radical (unpaired) electrons. The Hall–Kier alpha value is -1.54. The number of hydrogen-bond donors (Lipinski definition) is 2. The lowest BCUT2D eigenvalue weighted by atomic mass is 10.1. The van der Waals surface area contributed by atoms with Crippen LogP contribution in [0.1, 0.15) is 13.8 Å². The Morgan fingerprint density at radius 2 is 2.04 bits per heavy atom. The Bertz CT molecular complexity index is 636. The highest BCUT2D eigenvalue weighted by Crippen LogP contribution is 2.21. The molecule has 2 rings (SSSR count). The number of nitrogens with one attached hydrogen (secondary N) is 2. The van der Waals surface area contributed by atoms with Gasteiger partial charge in [0.2, 0.25) is 5.91 Å². The first kappa shape index (κ1) is 17.8. The van der Waals surface area contributed by atoms with Gasteiger partial charge >= 0.3 is 6.03 Å². The predicted octanol–water partition coefficient (Wildman–Crippen LogP) is 2.45. The van der Waals surface area contributed by atoms with Crippen molar-refractivity contribution < 1.29 is 14.4 Å². The molecule has 1 aliphatic rings. The minimum Gasteiger partial charge on any atom is -0.324 e. The van der Waals surface area contributed by atoms with Gasteiger partial charge in [0.05, 0.1) is 11.4 Å². The third-order valence-corrected chi connectivity index (χ3v) is 4.91. The standard InChI is InChI=1S/C15H18BrN3O3S/c1-15(2)13(21)19(14(22)18-15)7-8-23-9-12(20)17-11-6-4-3-5-10(11)16/h3-6H,7-9H2,1-2H3,(H,17,20)(H,18,22). The van der Waals surface area contributed by atoms with Gasteiger partial charge in [-0.25, -0.2) is 4.79 Å². The van der Waals surface area contributed by atoms with E-state index in [0.717, 1.165) is 4.47 Å². The molecule has 4 amide bonds. The molecular weight excluding hydrogens is 382 g/mol. The van der Waals surface area contributed by atoms with E-state index >= 15 is 0 Å². The number of imide groups is 1. The summed E-state index contributed by atoms with van der Waals surface area (Å²) in [6, 6.07) is 6.99. The Balaban J connectivity index is 1.74. The number of rotatable bonds is 6. The van der Waals surface area contributed by atoms with Crippen LogP contribution in [-0.4, -0.2) is 46.3 Å². The summed E-state index contributed by atoms with van der Waals surface area (Å²) in [7, 11) is 0. The summed E-state index contributed by atoms with van der Waals surface area (Å²) in [6.07, 6.45) is 0. The average molecular weight is 400 g/mol. The molecule has 1 saturated heterocycles. The molecule has 1 aromatic carbocycles. The van der Waals surface area contributed by atoms with Crippen molar-refractivity contribution in [3.63, 3.8) is 0 Å². The van der Waals surface area contributed by atoms with E-state index in [1.165, 1.54) is 16.7 Å². The monoisotopic (exact) mass is 399 g/mol. The second kappa shape index (κ2) is 7.35. The molecule has 0 saturated carbocycles. The molecule has 23 heavy (non-hydrogen) atoms. The molecule has 0 aliphatic carbocycles. The van der Waals surface area contributed by atoms with Crippen LogP contribution in [0.15, 0.2) is 28.7 Å². The zero-order chi connectivity index (χ0) is 17.0. The van der Waals surface area contributed by atoms with Crippen molar-refractivity contribution in [2.75, 3.05) is 23.4 Å². The minimum atomic E-state index is -0.849. The second-order valence-electron chi connectivity index (χ2n) is 5.59. The van der Waals surface area contributed by atoms with Crippen LogP contribution in [0.3, 0.4) is 0 Å². The van der Waals surface area contributed by atoms with Crippen LogP contribution in [0, 0.1) is 0 Å². The van der Waals surface area contributed by atoms with Gasteiger partial charge in [-0.05, 0) is 41.9 Å². The number of anilines is 1. The predicted molar refractivity (Wildman–Crippen MR) is 94.4 cm³/mol. The molecule has 124 valence electrons. The largest absolute Gasteiger partial charge is 0.325 e. The number of hydrogen-bond acceptors (Lipinski definition) is 4. The smallest absolute Gasteiger partial charge is 0.324 e. The molecule has 0 aromatic heterocycles. The van der Waals surface area contributed by atoms with Crippen molar-refractivity contribution in [3.8, 4) is 0 Å². The van der Waals surface area contributed by atoms with Crippen molar-refractivity contribution in [3.05, 3.63) is 28.7 Å². The van der Waals surface area contributed by atoms with Crippen LogP contribution in [0.2, 0.25) is 0 Å². The highest BCUT2D eigenvalue weighted by molar-refractivity contribution is 9.10. The van der Waals surface area contributed by atoms with Crippen LogP contribution in [0.25, 0.3) is 0 Å². The first-order valence-electron chi connectivity index (χ1n) is 7.07. The number of carbonyl (C=O) groups is 3. The topological polar surface area (TPSA) is 78.5 Å². The number of carbonyl (C=O) groups excluding carboxylic acids is 3. The van der Waals surface area contributed by atoms with E-state index in [2.05, 4.69) is 26.6 Å². The van der Waals surface area contributed by atoms with Crippen molar-refractivity contribution in [1.29, 1.82) is 0 Å². The van der Waals surface area contributed by atoms with Crippen molar-refractivity contribution in [2.24, 2.45) is 0 Å². The van der Waals surface area contributed by atoms with Gasteiger partial charge < -0.3 is 10.6 Å². The first-order valence-corrected chi connectivity index (χ1v) is 9.02. The Morgan fingerprint density at radius 3 is 2.65 bits per heavy atom. The SMILES string of the molecule is CC1(C)NC(=O)N(CCSCC(=O)Nc2ccccc2Br)C1=O. The number of benzene rings is 1. The van der Waals surface area contributed by atoms with E-state index < -0.39 is 5.54 Å². The van der Waals surface area contributed by atoms with Gasteiger partial charge in [-0.2, -0.15) is 11.8 Å². The van der Waals surface area contributed by atoms with Gasteiger partial charge in [-0.3, -0.25) is 14.5 Å². The van der Waals surface area contributed by atoms with E-state index in [1.807, 2.05) is 24.3 Å². The fourth-order valence-corrected chi connectivity index (χ4v) is 3.19. The Kier molecular flexibility index (Phi) is 5.69. The lowest BCUT2D eigenvalue weighted by molar-refractivity contribution is -0.130. The summed E-state index contributed by atoms with van der Waals surface area (Å²) in [6.45, 7) is 3.64. The van der Waals surface area contributed by atoms with Crippen molar-refractivity contribution in [1.82, 2.24) is 10.2 Å². The third-order valence-electron chi connectivity index (χ3n) is 3.28. The summed E-state index contributed by atoms with van der Waals surface area (Å²) < 4.78 is 0.819. The first-order chi connectivity index (χ1) is 10.8. The second-order valence-corrected chi connectivity index (χ2v) is 7.55.